The fraction of sp³-hybridized carbons (Fsp3) is 0.188. The second-order valence-corrected chi connectivity index (χ2v) is 4.95. The largest absolute Gasteiger partial charge is 0.384 e. The molecule has 112 valence electrons. The predicted octanol–water partition coefficient (Wildman–Crippen LogP) is 3.14. The number of nitrogens with zero attached hydrogens (tertiary/aromatic N) is 4. The molecule has 0 bridgehead atoms. The average molecular weight is 297 g/mol. The summed E-state index contributed by atoms with van der Waals surface area (Å²) in [5, 5.41) is 0. The van der Waals surface area contributed by atoms with E-state index in [4.69, 9.17) is 5.73 Å². The Hall–Kier alpha value is -2.76. The maximum Gasteiger partial charge on any atom is 0.180 e. The number of nitrogens with two attached hydrogens (primary N) is 1. The Morgan fingerprint density at radius 3 is 2.59 bits per heavy atom. The van der Waals surface area contributed by atoms with Crippen LogP contribution in [0.5, 0.6) is 0 Å². The number of hydrogen-bond donors (Lipinski definition) is 1. The number of aromatic nitrogens is 4. The molecule has 0 atom stereocenters. The van der Waals surface area contributed by atoms with Crippen molar-refractivity contribution in [3.8, 4) is 22.8 Å². The van der Waals surface area contributed by atoms with Crippen LogP contribution >= 0.6 is 0 Å². The molecule has 3 rings (SSSR count). The van der Waals surface area contributed by atoms with Gasteiger partial charge in [-0.05, 0) is 36.8 Å². The molecule has 0 aliphatic carbocycles. The first-order valence-electron chi connectivity index (χ1n) is 7.09. The second-order valence-electron chi connectivity index (χ2n) is 4.95. The molecule has 0 radical (unpaired) electrons. The molecule has 1 aromatic carbocycles. The van der Waals surface area contributed by atoms with Crippen LogP contribution in [-0.2, 0) is 6.54 Å². The Labute approximate surface area is 127 Å². The highest BCUT2D eigenvalue weighted by Crippen LogP contribution is 2.29. The molecule has 2 aromatic heterocycles. The number of imidazole rings is 1. The van der Waals surface area contributed by atoms with E-state index in [0.29, 0.717) is 11.6 Å². The van der Waals surface area contributed by atoms with Gasteiger partial charge in [0.25, 0.3) is 0 Å². The molecular formula is C16H16FN5. The van der Waals surface area contributed by atoms with Gasteiger partial charge in [-0.3, -0.25) is 0 Å². The average Bonchev–Trinajstić information content (AvgIpc) is 2.92. The zero-order chi connectivity index (χ0) is 15.5. The highest BCUT2D eigenvalue weighted by Gasteiger charge is 2.17. The van der Waals surface area contributed by atoms with Crippen molar-refractivity contribution < 1.29 is 4.39 Å². The molecule has 0 spiro atoms. The number of hydrogen-bond acceptors (Lipinski definition) is 4. The lowest BCUT2D eigenvalue weighted by molar-refractivity contribution is 0.628. The van der Waals surface area contributed by atoms with Gasteiger partial charge in [-0.15, -0.1) is 0 Å². The number of benzene rings is 1. The minimum Gasteiger partial charge on any atom is -0.384 e. The lowest BCUT2D eigenvalue weighted by atomic mass is 10.1. The third-order valence-corrected chi connectivity index (χ3v) is 3.31. The van der Waals surface area contributed by atoms with Crippen LogP contribution < -0.4 is 5.73 Å². The van der Waals surface area contributed by atoms with Gasteiger partial charge in [-0.2, -0.15) is 0 Å². The molecule has 0 amide bonds. The number of rotatable bonds is 4. The van der Waals surface area contributed by atoms with Crippen LogP contribution in [-0.4, -0.2) is 19.5 Å². The molecule has 3 aromatic rings. The topological polar surface area (TPSA) is 69.6 Å². The van der Waals surface area contributed by atoms with E-state index < -0.39 is 0 Å². The van der Waals surface area contributed by atoms with E-state index in [1.165, 1.54) is 12.1 Å². The third-order valence-electron chi connectivity index (χ3n) is 3.31. The first kappa shape index (κ1) is 14.2. The Bertz CT molecular complexity index is 779. The zero-order valence-corrected chi connectivity index (χ0v) is 12.2. The number of aryl methyl sites for hydroxylation is 1. The maximum absolute atomic E-state index is 13.1. The molecule has 0 aliphatic rings. The SMILES string of the molecule is CCCn1cnc(-c2ccc(F)cc2)c1-c1nccc(N)n1. The van der Waals surface area contributed by atoms with E-state index in [-0.39, 0.29) is 5.82 Å². The van der Waals surface area contributed by atoms with Crippen LogP contribution in [0.3, 0.4) is 0 Å². The van der Waals surface area contributed by atoms with Crippen molar-refractivity contribution in [2.75, 3.05) is 5.73 Å². The van der Waals surface area contributed by atoms with Gasteiger partial charge in [0.05, 0.1) is 12.0 Å². The van der Waals surface area contributed by atoms with Gasteiger partial charge in [0.15, 0.2) is 5.82 Å². The fourth-order valence-electron chi connectivity index (χ4n) is 2.33. The molecular weight excluding hydrogens is 281 g/mol. The summed E-state index contributed by atoms with van der Waals surface area (Å²) in [4.78, 5) is 13.1. The summed E-state index contributed by atoms with van der Waals surface area (Å²) in [6.45, 7) is 2.88. The fourth-order valence-corrected chi connectivity index (χ4v) is 2.33. The quantitative estimate of drug-likeness (QED) is 0.803. The standard InChI is InChI=1S/C16H16FN5/c1-2-9-22-10-20-14(11-3-5-12(17)6-4-11)15(22)16-19-8-7-13(18)21-16/h3-8,10H,2,9H2,1H3,(H2,18,19,21). The number of nitrogen functional groups attached to an aromatic ring is 1. The molecule has 0 saturated carbocycles. The van der Waals surface area contributed by atoms with E-state index >= 15 is 0 Å². The molecule has 22 heavy (non-hydrogen) atoms. The summed E-state index contributed by atoms with van der Waals surface area (Å²) >= 11 is 0. The Kier molecular flexibility index (Phi) is 3.82. The Balaban J connectivity index is 2.17. The van der Waals surface area contributed by atoms with Gasteiger partial charge in [0.2, 0.25) is 0 Å². The van der Waals surface area contributed by atoms with Crippen molar-refractivity contribution in [1.82, 2.24) is 19.5 Å². The first-order valence-corrected chi connectivity index (χ1v) is 7.09. The summed E-state index contributed by atoms with van der Waals surface area (Å²) in [5.41, 5.74) is 8.10. The van der Waals surface area contributed by atoms with Crippen molar-refractivity contribution in [3.05, 3.63) is 48.7 Å². The molecule has 5 nitrogen and oxygen atoms in total. The van der Waals surface area contributed by atoms with Gasteiger partial charge in [0.1, 0.15) is 17.3 Å². The lowest BCUT2D eigenvalue weighted by Gasteiger charge is -2.08. The molecule has 2 heterocycles. The van der Waals surface area contributed by atoms with E-state index in [2.05, 4.69) is 21.9 Å². The monoisotopic (exact) mass is 297 g/mol. The highest BCUT2D eigenvalue weighted by atomic mass is 19.1. The molecule has 0 fully saturated rings. The van der Waals surface area contributed by atoms with Gasteiger partial charge in [-0.25, -0.2) is 19.3 Å². The normalized spacial score (nSPS) is 10.8. The van der Waals surface area contributed by atoms with Crippen LogP contribution in [0.25, 0.3) is 22.8 Å². The van der Waals surface area contributed by atoms with Crippen LogP contribution in [0.2, 0.25) is 0 Å². The van der Waals surface area contributed by atoms with Crippen molar-refractivity contribution in [2.24, 2.45) is 0 Å². The van der Waals surface area contributed by atoms with Crippen molar-refractivity contribution in [1.29, 1.82) is 0 Å². The summed E-state index contributed by atoms with van der Waals surface area (Å²) < 4.78 is 15.1. The molecule has 2 N–H and O–H groups in total. The third kappa shape index (κ3) is 2.67. The smallest absolute Gasteiger partial charge is 0.180 e. The van der Waals surface area contributed by atoms with Gasteiger partial charge in [-0.1, -0.05) is 6.92 Å². The second kappa shape index (κ2) is 5.93. The molecule has 0 unspecified atom stereocenters. The van der Waals surface area contributed by atoms with E-state index in [1.807, 2.05) is 4.57 Å². The molecule has 6 heteroatoms. The van der Waals surface area contributed by atoms with Crippen molar-refractivity contribution in [2.45, 2.75) is 19.9 Å². The Morgan fingerprint density at radius 2 is 1.91 bits per heavy atom. The van der Waals surface area contributed by atoms with Crippen LogP contribution in [0, 0.1) is 5.82 Å². The van der Waals surface area contributed by atoms with Crippen LogP contribution in [0.1, 0.15) is 13.3 Å². The first-order chi connectivity index (χ1) is 10.7. The van der Waals surface area contributed by atoms with E-state index in [9.17, 15) is 4.39 Å². The van der Waals surface area contributed by atoms with Gasteiger partial charge in [0, 0.05) is 18.3 Å². The summed E-state index contributed by atoms with van der Waals surface area (Å²) in [6, 6.07) is 7.87. The minimum absolute atomic E-state index is 0.279. The number of anilines is 1. The molecule has 0 saturated heterocycles. The van der Waals surface area contributed by atoms with Crippen LogP contribution in [0.15, 0.2) is 42.9 Å². The summed E-state index contributed by atoms with van der Waals surface area (Å²) in [5.74, 6) is 0.642. The van der Waals surface area contributed by atoms with E-state index in [1.54, 1.807) is 30.7 Å². The van der Waals surface area contributed by atoms with E-state index in [0.717, 1.165) is 29.9 Å². The Morgan fingerprint density at radius 1 is 1.14 bits per heavy atom. The van der Waals surface area contributed by atoms with Crippen LogP contribution in [0.4, 0.5) is 10.2 Å². The van der Waals surface area contributed by atoms with Gasteiger partial charge < -0.3 is 10.3 Å². The van der Waals surface area contributed by atoms with Crippen molar-refractivity contribution in [3.63, 3.8) is 0 Å². The predicted molar refractivity (Wildman–Crippen MR) is 83.4 cm³/mol. The maximum atomic E-state index is 13.1. The lowest BCUT2D eigenvalue weighted by Crippen LogP contribution is -2.02. The summed E-state index contributed by atoms with van der Waals surface area (Å²) in [7, 11) is 0. The minimum atomic E-state index is -0.279. The zero-order valence-electron chi connectivity index (χ0n) is 12.2. The van der Waals surface area contributed by atoms with Gasteiger partial charge >= 0.3 is 0 Å². The number of halogens is 1. The molecule has 0 aliphatic heterocycles. The summed E-state index contributed by atoms with van der Waals surface area (Å²) in [6.07, 6.45) is 4.33. The highest BCUT2D eigenvalue weighted by molar-refractivity contribution is 5.75. The van der Waals surface area contributed by atoms with Crippen molar-refractivity contribution >= 4 is 5.82 Å².